The summed E-state index contributed by atoms with van der Waals surface area (Å²) in [4.78, 5) is 19.6. The predicted octanol–water partition coefficient (Wildman–Crippen LogP) is 3.59. The number of hydrogen-bond acceptors (Lipinski definition) is 5. The highest BCUT2D eigenvalue weighted by molar-refractivity contribution is 7.99. The second-order valence-electron chi connectivity index (χ2n) is 8.39. The van der Waals surface area contributed by atoms with Crippen LogP contribution in [0.5, 0.6) is 0 Å². The number of benzene rings is 1. The average Bonchev–Trinajstić information content (AvgIpc) is 2.78. The Morgan fingerprint density at radius 1 is 1.23 bits per heavy atom. The van der Waals surface area contributed by atoms with Crippen molar-refractivity contribution in [3.05, 3.63) is 53.9 Å². The molecule has 1 unspecified atom stereocenters. The molecule has 2 aliphatic rings. The zero-order valence-electron chi connectivity index (χ0n) is 17.0. The van der Waals surface area contributed by atoms with Crippen molar-refractivity contribution in [3.63, 3.8) is 0 Å². The van der Waals surface area contributed by atoms with E-state index in [2.05, 4.69) is 28.1 Å². The Labute approximate surface area is 181 Å². The number of aliphatic carboxylic acids is 1. The lowest BCUT2D eigenvalue weighted by molar-refractivity contribution is -0.148. The first-order valence-electron chi connectivity index (χ1n) is 10.4. The molecule has 4 N–H and O–H groups in total. The number of nitrogens with two attached hydrogens (primary N) is 1. The van der Waals surface area contributed by atoms with Crippen molar-refractivity contribution < 1.29 is 9.90 Å². The van der Waals surface area contributed by atoms with Crippen LogP contribution in [-0.2, 0) is 17.6 Å². The van der Waals surface area contributed by atoms with Crippen LogP contribution in [0.1, 0.15) is 30.4 Å². The second-order valence-corrected chi connectivity index (χ2v) is 9.44. The fraction of sp³-hybridized carbons (Fsp3) is 0.435. The molecule has 1 aromatic heterocycles. The zero-order chi connectivity index (χ0) is 21.1. The fourth-order valence-corrected chi connectivity index (χ4v) is 5.72. The van der Waals surface area contributed by atoms with E-state index < -0.39 is 11.4 Å². The molecule has 0 radical (unpaired) electrons. The standard InChI is InChI=1S/C23H28N4O2S/c24-21(25)17-2-1-16-3-4-20(14-18(16)13-17)30-15-23(22(28)29)7-11-27(12-8-23)19-5-9-26-10-6-19/h3-6,9-10,14,17H,1-2,7-8,11-13,15H2,(H3,24,25)(H,28,29). The van der Waals surface area contributed by atoms with E-state index in [0.29, 0.717) is 18.6 Å². The topological polar surface area (TPSA) is 103 Å². The largest absolute Gasteiger partial charge is 0.481 e. The molecule has 1 aromatic carbocycles. The van der Waals surface area contributed by atoms with Crippen LogP contribution in [0.3, 0.4) is 0 Å². The average molecular weight is 425 g/mol. The first-order valence-corrected chi connectivity index (χ1v) is 11.4. The summed E-state index contributed by atoms with van der Waals surface area (Å²) in [6.07, 6.45) is 7.52. The summed E-state index contributed by atoms with van der Waals surface area (Å²) < 4.78 is 0. The van der Waals surface area contributed by atoms with E-state index in [0.717, 1.165) is 42.9 Å². The molecule has 158 valence electrons. The summed E-state index contributed by atoms with van der Waals surface area (Å²) in [7, 11) is 0. The van der Waals surface area contributed by atoms with Gasteiger partial charge in [-0.25, -0.2) is 0 Å². The van der Waals surface area contributed by atoms with Crippen LogP contribution in [0.15, 0.2) is 47.6 Å². The van der Waals surface area contributed by atoms with E-state index in [1.165, 1.54) is 11.1 Å². The van der Waals surface area contributed by atoms with Crippen molar-refractivity contribution >= 4 is 29.3 Å². The first kappa shape index (κ1) is 20.7. The predicted molar refractivity (Wildman–Crippen MR) is 120 cm³/mol. The summed E-state index contributed by atoms with van der Waals surface area (Å²) in [6.45, 7) is 1.47. The van der Waals surface area contributed by atoms with E-state index in [4.69, 9.17) is 11.1 Å². The monoisotopic (exact) mass is 424 g/mol. The van der Waals surface area contributed by atoms with Crippen molar-refractivity contribution in [2.45, 2.75) is 37.0 Å². The maximum atomic E-state index is 12.2. The lowest BCUT2D eigenvalue weighted by atomic mass is 9.80. The summed E-state index contributed by atoms with van der Waals surface area (Å²) in [5.74, 6) is 0.269. The van der Waals surface area contributed by atoms with Gasteiger partial charge in [-0.1, -0.05) is 6.07 Å². The SMILES string of the molecule is N=C(N)C1CCc2ccc(SCC3(C(=O)O)CCN(c4ccncc4)CC3)cc2C1. The Hall–Kier alpha value is -2.54. The molecule has 0 bridgehead atoms. The van der Waals surface area contributed by atoms with E-state index >= 15 is 0 Å². The van der Waals surface area contributed by atoms with Crippen LogP contribution in [0.4, 0.5) is 5.69 Å². The molecular formula is C23H28N4O2S. The van der Waals surface area contributed by atoms with Gasteiger partial charge in [0.05, 0.1) is 11.3 Å². The number of nitrogens with zero attached hydrogens (tertiary/aromatic N) is 2. The van der Waals surface area contributed by atoms with Gasteiger partial charge in [0.15, 0.2) is 0 Å². The minimum atomic E-state index is -0.702. The highest BCUT2D eigenvalue weighted by atomic mass is 32.2. The number of anilines is 1. The number of nitrogens with one attached hydrogen (secondary N) is 1. The molecule has 1 saturated heterocycles. The number of carboxylic acids is 1. The smallest absolute Gasteiger partial charge is 0.310 e. The van der Waals surface area contributed by atoms with Gasteiger partial charge < -0.3 is 15.7 Å². The van der Waals surface area contributed by atoms with Crippen molar-refractivity contribution in [1.82, 2.24) is 4.98 Å². The Morgan fingerprint density at radius 3 is 2.63 bits per heavy atom. The van der Waals surface area contributed by atoms with Gasteiger partial charge in [-0.05, 0) is 67.5 Å². The number of amidine groups is 1. The van der Waals surface area contributed by atoms with Gasteiger partial charge in [-0.3, -0.25) is 15.2 Å². The molecule has 0 spiro atoms. The Balaban J connectivity index is 1.42. The molecule has 1 aliphatic carbocycles. The van der Waals surface area contributed by atoms with Gasteiger partial charge in [-0.2, -0.15) is 0 Å². The molecule has 1 fully saturated rings. The summed E-state index contributed by atoms with van der Waals surface area (Å²) in [5.41, 5.74) is 8.71. The molecule has 6 nitrogen and oxygen atoms in total. The Kier molecular flexibility index (Phi) is 5.99. The van der Waals surface area contributed by atoms with Gasteiger partial charge in [0.2, 0.25) is 0 Å². The summed E-state index contributed by atoms with van der Waals surface area (Å²) >= 11 is 1.64. The van der Waals surface area contributed by atoms with Crippen molar-refractivity contribution in [1.29, 1.82) is 5.41 Å². The lowest BCUT2D eigenvalue weighted by Gasteiger charge is -2.39. The van der Waals surface area contributed by atoms with Crippen LogP contribution in [0, 0.1) is 16.7 Å². The number of aromatic nitrogens is 1. The van der Waals surface area contributed by atoms with E-state index in [-0.39, 0.29) is 11.8 Å². The number of rotatable bonds is 6. The minimum absolute atomic E-state index is 0.126. The molecule has 4 rings (SSSR count). The third-order valence-corrected chi connectivity index (χ3v) is 7.85. The molecule has 1 aliphatic heterocycles. The molecule has 7 heteroatoms. The molecule has 30 heavy (non-hydrogen) atoms. The number of pyridine rings is 1. The number of piperidine rings is 1. The van der Waals surface area contributed by atoms with Gasteiger partial charge in [-0.15, -0.1) is 11.8 Å². The third kappa shape index (κ3) is 4.31. The minimum Gasteiger partial charge on any atom is -0.481 e. The van der Waals surface area contributed by atoms with Gasteiger partial charge in [0.25, 0.3) is 0 Å². The zero-order valence-corrected chi connectivity index (χ0v) is 17.8. The van der Waals surface area contributed by atoms with Crippen molar-refractivity contribution in [2.75, 3.05) is 23.7 Å². The van der Waals surface area contributed by atoms with Crippen molar-refractivity contribution in [2.24, 2.45) is 17.1 Å². The maximum Gasteiger partial charge on any atom is 0.310 e. The lowest BCUT2D eigenvalue weighted by Crippen LogP contribution is -2.46. The normalized spacial score (nSPS) is 20.4. The number of thioether (sulfide) groups is 1. The molecule has 2 heterocycles. The number of aryl methyl sites for hydroxylation is 1. The molecule has 0 amide bonds. The summed E-state index contributed by atoms with van der Waals surface area (Å²) in [5, 5.41) is 17.8. The Morgan fingerprint density at radius 2 is 1.97 bits per heavy atom. The van der Waals surface area contributed by atoms with Gasteiger partial charge in [0, 0.05) is 47.7 Å². The molecule has 2 aromatic rings. The van der Waals surface area contributed by atoms with Crippen LogP contribution in [0.2, 0.25) is 0 Å². The van der Waals surface area contributed by atoms with E-state index in [1.54, 1.807) is 24.2 Å². The summed E-state index contributed by atoms with van der Waals surface area (Å²) in [6, 6.07) is 10.4. The maximum absolute atomic E-state index is 12.2. The van der Waals surface area contributed by atoms with Crippen LogP contribution in [0.25, 0.3) is 0 Å². The van der Waals surface area contributed by atoms with E-state index in [9.17, 15) is 9.90 Å². The number of carboxylic acid groups (broad SMARTS) is 1. The molecule has 1 atom stereocenters. The second kappa shape index (κ2) is 8.68. The number of carbonyl (C=O) groups is 1. The quantitative estimate of drug-likeness (QED) is 0.372. The van der Waals surface area contributed by atoms with Crippen LogP contribution < -0.4 is 10.6 Å². The number of hydrogen-bond donors (Lipinski definition) is 3. The van der Waals surface area contributed by atoms with Gasteiger partial charge >= 0.3 is 5.97 Å². The molecule has 0 saturated carbocycles. The van der Waals surface area contributed by atoms with E-state index in [1.807, 2.05) is 12.1 Å². The van der Waals surface area contributed by atoms with Crippen molar-refractivity contribution in [3.8, 4) is 0 Å². The highest BCUT2D eigenvalue weighted by Crippen LogP contribution is 2.39. The van der Waals surface area contributed by atoms with Crippen LogP contribution >= 0.6 is 11.8 Å². The third-order valence-electron chi connectivity index (χ3n) is 6.56. The van der Waals surface area contributed by atoms with Crippen LogP contribution in [-0.4, -0.2) is 40.7 Å². The number of fused-ring (bicyclic) bond motifs is 1. The first-order chi connectivity index (χ1) is 14.5. The molecular weight excluding hydrogens is 396 g/mol. The van der Waals surface area contributed by atoms with Gasteiger partial charge in [0.1, 0.15) is 0 Å². The fourth-order valence-electron chi connectivity index (χ4n) is 4.48. The Bertz CT molecular complexity index is 926. The highest BCUT2D eigenvalue weighted by Gasteiger charge is 2.41.